The van der Waals surface area contributed by atoms with E-state index >= 15 is 0 Å². The number of halogens is 1. The molecule has 2 aliphatic heterocycles. The van der Waals surface area contributed by atoms with Crippen LogP contribution in [0.2, 0.25) is 0 Å². The van der Waals surface area contributed by atoms with Crippen LogP contribution in [0.3, 0.4) is 0 Å². The van der Waals surface area contributed by atoms with E-state index in [2.05, 4.69) is 14.9 Å². The van der Waals surface area contributed by atoms with Crippen molar-refractivity contribution >= 4 is 11.6 Å². The number of aromatic nitrogens is 4. The van der Waals surface area contributed by atoms with E-state index in [9.17, 15) is 14.0 Å². The number of hydrogen-bond donors (Lipinski definition) is 0. The van der Waals surface area contributed by atoms with Crippen molar-refractivity contribution in [2.24, 2.45) is 25.9 Å². The van der Waals surface area contributed by atoms with Crippen molar-refractivity contribution in [3.63, 3.8) is 0 Å². The normalized spacial score (nSPS) is 21.8. The highest BCUT2D eigenvalue weighted by molar-refractivity contribution is 5.46. The molecule has 4 rings (SSSR count). The molecule has 144 valence electrons. The summed E-state index contributed by atoms with van der Waals surface area (Å²) in [6, 6.07) is 1.51. The van der Waals surface area contributed by atoms with Gasteiger partial charge in [0.15, 0.2) is 11.6 Å². The second kappa shape index (κ2) is 6.47. The average molecular weight is 374 g/mol. The van der Waals surface area contributed by atoms with Gasteiger partial charge in [0.1, 0.15) is 12.1 Å². The summed E-state index contributed by atoms with van der Waals surface area (Å²) in [7, 11) is 3.16. The first-order chi connectivity index (χ1) is 12.9. The third-order valence-electron chi connectivity index (χ3n) is 5.79. The number of anilines is 2. The summed E-state index contributed by atoms with van der Waals surface area (Å²) in [6.45, 7) is 4.75. The Labute approximate surface area is 155 Å². The van der Waals surface area contributed by atoms with Crippen molar-refractivity contribution in [3.05, 3.63) is 44.7 Å². The predicted molar refractivity (Wildman–Crippen MR) is 99.7 cm³/mol. The van der Waals surface area contributed by atoms with E-state index in [-0.39, 0.29) is 17.1 Å². The Bertz CT molecular complexity index is 986. The van der Waals surface area contributed by atoms with Crippen molar-refractivity contribution in [2.75, 3.05) is 36.0 Å². The molecule has 27 heavy (non-hydrogen) atoms. The van der Waals surface area contributed by atoms with E-state index in [0.29, 0.717) is 48.7 Å². The van der Waals surface area contributed by atoms with Gasteiger partial charge in [-0.1, -0.05) is 6.92 Å². The van der Waals surface area contributed by atoms with E-state index < -0.39 is 0 Å². The molecular weight excluding hydrogens is 351 g/mol. The van der Waals surface area contributed by atoms with E-state index in [1.807, 2.05) is 11.8 Å². The molecule has 0 spiro atoms. The van der Waals surface area contributed by atoms with Crippen molar-refractivity contribution in [1.82, 2.24) is 19.1 Å². The molecule has 2 unspecified atom stereocenters. The Kier molecular flexibility index (Phi) is 4.24. The maximum atomic E-state index is 14.6. The summed E-state index contributed by atoms with van der Waals surface area (Å²) in [5.41, 5.74) is -0.193. The van der Waals surface area contributed by atoms with Gasteiger partial charge in [-0.2, -0.15) is 0 Å². The molecule has 0 N–H and O–H groups in total. The van der Waals surface area contributed by atoms with Crippen LogP contribution in [0.1, 0.15) is 12.6 Å². The molecule has 0 radical (unpaired) electrons. The van der Waals surface area contributed by atoms with Gasteiger partial charge in [0, 0.05) is 58.2 Å². The highest BCUT2D eigenvalue weighted by Gasteiger charge is 2.42. The van der Waals surface area contributed by atoms with Gasteiger partial charge in [-0.15, -0.1) is 0 Å². The molecule has 0 aromatic carbocycles. The molecule has 9 heteroatoms. The fraction of sp³-hybridized carbons (Fsp3) is 0.556. The fourth-order valence-electron chi connectivity index (χ4n) is 4.24. The van der Waals surface area contributed by atoms with Crippen LogP contribution < -0.4 is 21.0 Å². The standard InChI is InChI=1S/C18H23FN6O2/c1-4-13-16(19)17(21-10-20-13)25-8-11-6-24(7-12(11)9-25)14-5-15(26)23(3)18(27)22(14)2/h5,10-12H,4,6-9H2,1-3H3. The van der Waals surface area contributed by atoms with Crippen LogP contribution >= 0.6 is 0 Å². The monoisotopic (exact) mass is 374 g/mol. The molecule has 0 amide bonds. The van der Waals surface area contributed by atoms with Crippen LogP contribution in [0, 0.1) is 17.7 Å². The minimum atomic E-state index is -0.328. The van der Waals surface area contributed by atoms with E-state index in [0.717, 1.165) is 17.7 Å². The highest BCUT2D eigenvalue weighted by Crippen LogP contribution is 2.35. The van der Waals surface area contributed by atoms with Gasteiger partial charge in [-0.05, 0) is 6.42 Å². The van der Waals surface area contributed by atoms with Crippen LogP contribution in [0.25, 0.3) is 0 Å². The summed E-state index contributed by atoms with van der Waals surface area (Å²) in [5, 5.41) is 0. The fourth-order valence-corrected chi connectivity index (χ4v) is 4.24. The zero-order chi connectivity index (χ0) is 19.3. The summed E-state index contributed by atoms with van der Waals surface area (Å²) < 4.78 is 17.2. The van der Waals surface area contributed by atoms with Crippen LogP contribution in [0.5, 0.6) is 0 Å². The second-order valence-corrected chi connectivity index (χ2v) is 7.38. The molecule has 2 aromatic rings. The minimum Gasteiger partial charge on any atom is -0.357 e. The number of aryl methyl sites for hydroxylation is 1. The van der Waals surface area contributed by atoms with Crippen molar-refractivity contribution in [1.29, 1.82) is 0 Å². The zero-order valence-electron chi connectivity index (χ0n) is 15.7. The summed E-state index contributed by atoms with van der Waals surface area (Å²) in [5.74, 6) is 1.37. The first-order valence-electron chi connectivity index (χ1n) is 9.17. The lowest BCUT2D eigenvalue weighted by molar-refractivity contribution is 0.533. The molecule has 2 aromatic heterocycles. The number of rotatable bonds is 3. The predicted octanol–water partition coefficient (Wildman–Crippen LogP) is 0.148. The smallest absolute Gasteiger partial charge is 0.332 e. The Morgan fingerprint density at radius 2 is 1.67 bits per heavy atom. The van der Waals surface area contributed by atoms with Crippen molar-refractivity contribution in [3.8, 4) is 0 Å². The number of fused-ring (bicyclic) bond motifs is 1. The van der Waals surface area contributed by atoms with Gasteiger partial charge < -0.3 is 9.80 Å². The Morgan fingerprint density at radius 1 is 1.04 bits per heavy atom. The van der Waals surface area contributed by atoms with Crippen LogP contribution in [-0.4, -0.2) is 45.3 Å². The third-order valence-corrected chi connectivity index (χ3v) is 5.79. The topological polar surface area (TPSA) is 76.3 Å². The SMILES string of the molecule is CCc1ncnc(N2CC3CN(c4cc(=O)n(C)c(=O)n4C)CC3C2)c1F. The first-order valence-corrected chi connectivity index (χ1v) is 9.17. The molecule has 2 aliphatic rings. The third kappa shape index (κ3) is 2.81. The van der Waals surface area contributed by atoms with E-state index in [1.54, 1.807) is 7.05 Å². The average Bonchev–Trinajstić information content (AvgIpc) is 3.22. The molecule has 0 aliphatic carbocycles. The van der Waals surface area contributed by atoms with Crippen molar-refractivity contribution in [2.45, 2.75) is 13.3 Å². The Balaban J connectivity index is 1.54. The minimum absolute atomic E-state index is 0.304. The summed E-state index contributed by atoms with van der Waals surface area (Å²) >= 11 is 0. The maximum Gasteiger partial charge on any atom is 0.332 e. The first kappa shape index (κ1) is 17.7. The zero-order valence-corrected chi connectivity index (χ0v) is 15.7. The van der Waals surface area contributed by atoms with Gasteiger partial charge in [0.2, 0.25) is 0 Å². The number of nitrogens with zero attached hydrogens (tertiary/aromatic N) is 6. The Hall–Kier alpha value is -2.71. The van der Waals surface area contributed by atoms with Crippen molar-refractivity contribution < 1.29 is 4.39 Å². The summed E-state index contributed by atoms with van der Waals surface area (Å²) in [6.07, 6.45) is 1.96. The summed E-state index contributed by atoms with van der Waals surface area (Å²) in [4.78, 5) is 36.4. The lowest BCUT2D eigenvalue weighted by Gasteiger charge is -2.25. The number of hydrogen-bond acceptors (Lipinski definition) is 6. The molecule has 0 saturated carbocycles. The van der Waals surface area contributed by atoms with Crippen LogP contribution in [0.4, 0.5) is 16.0 Å². The van der Waals surface area contributed by atoms with Crippen LogP contribution in [0.15, 0.2) is 22.0 Å². The van der Waals surface area contributed by atoms with Gasteiger partial charge in [-0.25, -0.2) is 19.2 Å². The quantitative estimate of drug-likeness (QED) is 0.761. The molecular formula is C18H23FN6O2. The molecule has 0 bridgehead atoms. The maximum absolute atomic E-state index is 14.6. The van der Waals surface area contributed by atoms with Crippen LogP contribution in [-0.2, 0) is 20.5 Å². The second-order valence-electron chi connectivity index (χ2n) is 7.38. The van der Waals surface area contributed by atoms with E-state index in [4.69, 9.17) is 0 Å². The molecule has 8 nitrogen and oxygen atoms in total. The lowest BCUT2D eigenvalue weighted by atomic mass is 10.0. The Morgan fingerprint density at radius 3 is 2.30 bits per heavy atom. The van der Waals surface area contributed by atoms with Gasteiger partial charge in [-0.3, -0.25) is 13.9 Å². The van der Waals surface area contributed by atoms with Gasteiger partial charge >= 0.3 is 5.69 Å². The molecule has 2 fully saturated rings. The molecule has 4 heterocycles. The van der Waals surface area contributed by atoms with E-state index in [1.165, 1.54) is 24.0 Å². The van der Waals surface area contributed by atoms with Gasteiger partial charge in [0.05, 0.1) is 5.69 Å². The van der Waals surface area contributed by atoms with Gasteiger partial charge in [0.25, 0.3) is 5.56 Å². The molecule has 2 saturated heterocycles. The lowest BCUT2D eigenvalue weighted by Crippen LogP contribution is -2.40. The highest BCUT2D eigenvalue weighted by atomic mass is 19.1. The largest absolute Gasteiger partial charge is 0.357 e. The molecule has 2 atom stereocenters.